The maximum absolute atomic E-state index is 9.44. The summed E-state index contributed by atoms with van der Waals surface area (Å²) in [5, 5.41) is 0. The predicted molar refractivity (Wildman–Crippen MR) is 58.5 cm³/mol. The lowest BCUT2D eigenvalue weighted by atomic mass is 10.1. The molecule has 0 aromatic rings. The number of methoxy groups -OCH3 is 1. The molecule has 0 radical (unpaired) electrons. The summed E-state index contributed by atoms with van der Waals surface area (Å²) in [7, 11) is 1.69. The lowest BCUT2D eigenvalue weighted by Crippen LogP contribution is -2.08. The van der Waals surface area contributed by atoms with Gasteiger partial charge in [0.25, 0.3) is 0 Å². The van der Waals surface area contributed by atoms with Gasteiger partial charge in [0.05, 0.1) is 13.2 Å². The molecule has 0 saturated carbocycles. The first-order valence-corrected chi connectivity index (χ1v) is 5.08. The molecule has 0 aromatic heterocycles. The van der Waals surface area contributed by atoms with Crippen molar-refractivity contribution >= 4 is 5.78 Å². The molecular weight excluding hydrogens is 180 g/mol. The van der Waals surface area contributed by atoms with Crippen LogP contribution in [0, 0.1) is 5.92 Å². The number of Topliss-reactive ketones (excluding diaryl/α,β-unsaturated/α-hetero) is 1. The van der Waals surface area contributed by atoms with Crippen LogP contribution in [0.2, 0.25) is 0 Å². The largest absolute Gasteiger partial charge is 0.382 e. The Balaban J connectivity index is 0. The van der Waals surface area contributed by atoms with Crippen molar-refractivity contribution in [3.8, 4) is 0 Å². The van der Waals surface area contributed by atoms with Crippen molar-refractivity contribution in [2.75, 3.05) is 26.9 Å². The summed E-state index contributed by atoms with van der Waals surface area (Å²) in [6.45, 7) is 9.70. The van der Waals surface area contributed by atoms with E-state index in [1.54, 1.807) is 7.11 Å². The minimum absolute atomic E-state index is 0.167. The first-order chi connectivity index (χ1) is 6.54. The molecular formula is C11H24O3. The zero-order chi connectivity index (χ0) is 11.4. The van der Waals surface area contributed by atoms with Gasteiger partial charge in [-0.2, -0.15) is 0 Å². The van der Waals surface area contributed by atoms with E-state index in [-0.39, 0.29) is 5.78 Å². The van der Waals surface area contributed by atoms with Crippen LogP contribution < -0.4 is 0 Å². The number of carbonyl (C=O) groups is 1. The van der Waals surface area contributed by atoms with E-state index < -0.39 is 0 Å². The zero-order valence-corrected chi connectivity index (χ0v) is 10.1. The van der Waals surface area contributed by atoms with E-state index >= 15 is 0 Å². The van der Waals surface area contributed by atoms with Crippen LogP contribution >= 0.6 is 0 Å². The number of carbonyl (C=O) groups excluding carboxylic acids is 1. The van der Waals surface area contributed by atoms with E-state index in [9.17, 15) is 4.79 Å². The van der Waals surface area contributed by atoms with Crippen molar-refractivity contribution in [3.63, 3.8) is 0 Å². The molecule has 0 N–H and O–H groups in total. The van der Waals surface area contributed by atoms with Crippen molar-refractivity contribution in [1.29, 1.82) is 0 Å². The molecule has 0 spiro atoms. The van der Waals surface area contributed by atoms with Gasteiger partial charge in [0, 0.05) is 13.7 Å². The third-order valence-electron chi connectivity index (χ3n) is 1.53. The minimum atomic E-state index is 0.167. The topological polar surface area (TPSA) is 35.5 Å². The first-order valence-electron chi connectivity index (χ1n) is 5.08. The molecule has 0 fully saturated rings. The normalized spacial score (nSPS) is 11.5. The molecule has 0 rings (SSSR count). The fourth-order valence-corrected chi connectivity index (χ4v) is 0.545. The summed E-state index contributed by atoms with van der Waals surface area (Å²) < 4.78 is 10.1. The zero-order valence-electron chi connectivity index (χ0n) is 10.1. The van der Waals surface area contributed by atoms with Crippen molar-refractivity contribution in [2.45, 2.75) is 34.1 Å². The lowest BCUT2D eigenvalue weighted by molar-refractivity contribution is -0.114. The second kappa shape index (κ2) is 12.6. The van der Waals surface area contributed by atoms with Gasteiger partial charge >= 0.3 is 0 Å². The van der Waals surface area contributed by atoms with E-state index in [0.717, 1.165) is 13.2 Å². The fourth-order valence-electron chi connectivity index (χ4n) is 0.545. The molecule has 14 heavy (non-hydrogen) atoms. The molecule has 0 aromatic carbocycles. The molecule has 0 saturated heterocycles. The number of hydrogen-bond acceptors (Lipinski definition) is 3. The molecule has 0 aliphatic carbocycles. The van der Waals surface area contributed by atoms with Crippen LogP contribution in [0.5, 0.6) is 0 Å². The van der Waals surface area contributed by atoms with Crippen LogP contribution in [0.4, 0.5) is 0 Å². The standard InChI is InChI=1S/C8H18O2.C3H6O/c1-4-8(2)7-10-6-5-9-3;1-3(2)4/h8H,4-7H2,1-3H3;1-2H3. The Labute approximate surface area is 87.8 Å². The molecule has 1 unspecified atom stereocenters. The molecule has 1 atom stereocenters. The molecule has 0 aliphatic rings. The summed E-state index contributed by atoms with van der Waals surface area (Å²) in [4.78, 5) is 9.44. The van der Waals surface area contributed by atoms with Gasteiger partial charge in [0.2, 0.25) is 0 Å². The van der Waals surface area contributed by atoms with Gasteiger partial charge in [-0.15, -0.1) is 0 Å². The smallest absolute Gasteiger partial charge is 0.126 e. The average Bonchev–Trinajstić information content (AvgIpc) is 2.11. The van der Waals surface area contributed by atoms with Gasteiger partial charge in [0.1, 0.15) is 5.78 Å². The number of hydrogen-bond donors (Lipinski definition) is 0. The van der Waals surface area contributed by atoms with Crippen LogP contribution in [0.15, 0.2) is 0 Å². The Bertz CT molecular complexity index is 120. The Morgan fingerprint density at radius 3 is 2.14 bits per heavy atom. The molecule has 0 amide bonds. The quantitative estimate of drug-likeness (QED) is 0.623. The van der Waals surface area contributed by atoms with Crippen LogP contribution in [-0.4, -0.2) is 32.7 Å². The van der Waals surface area contributed by atoms with Gasteiger partial charge in [-0.25, -0.2) is 0 Å². The third kappa shape index (κ3) is 22.6. The van der Waals surface area contributed by atoms with Crippen LogP contribution in [0.1, 0.15) is 34.1 Å². The van der Waals surface area contributed by atoms with Crippen molar-refractivity contribution in [2.24, 2.45) is 5.92 Å². The van der Waals surface area contributed by atoms with E-state index in [4.69, 9.17) is 9.47 Å². The highest BCUT2D eigenvalue weighted by atomic mass is 16.5. The molecule has 3 heteroatoms. The Morgan fingerprint density at radius 1 is 1.29 bits per heavy atom. The summed E-state index contributed by atoms with van der Waals surface area (Å²) >= 11 is 0. The Kier molecular flexibility index (Phi) is 14.4. The van der Waals surface area contributed by atoms with E-state index in [2.05, 4.69) is 13.8 Å². The number of ether oxygens (including phenoxy) is 2. The van der Waals surface area contributed by atoms with Crippen LogP contribution in [0.25, 0.3) is 0 Å². The van der Waals surface area contributed by atoms with Crippen molar-refractivity contribution < 1.29 is 14.3 Å². The monoisotopic (exact) mass is 204 g/mol. The summed E-state index contributed by atoms with van der Waals surface area (Å²) in [5.41, 5.74) is 0. The van der Waals surface area contributed by atoms with Crippen molar-refractivity contribution in [3.05, 3.63) is 0 Å². The van der Waals surface area contributed by atoms with E-state index in [1.807, 2.05) is 0 Å². The SMILES string of the molecule is CC(C)=O.CCC(C)COCCOC. The predicted octanol–water partition coefficient (Wildman–Crippen LogP) is 2.29. The maximum atomic E-state index is 9.44. The highest BCUT2D eigenvalue weighted by Gasteiger charge is 1.96. The van der Waals surface area contributed by atoms with E-state index in [1.165, 1.54) is 20.3 Å². The molecule has 86 valence electrons. The lowest BCUT2D eigenvalue weighted by Gasteiger charge is -2.08. The van der Waals surface area contributed by atoms with Crippen LogP contribution in [0.3, 0.4) is 0 Å². The highest BCUT2D eigenvalue weighted by molar-refractivity contribution is 5.72. The van der Waals surface area contributed by atoms with Gasteiger partial charge in [-0.05, 0) is 19.8 Å². The Morgan fingerprint density at radius 2 is 1.79 bits per heavy atom. The summed E-state index contributed by atoms with van der Waals surface area (Å²) in [6, 6.07) is 0. The Hall–Kier alpha value is -0.410. The van der Waals surface area contributed by atoms with Gasteiger partial charge < -0.3 is 14.3 Å². The number of rotatable bonds is 6. The van der Waals surface area contributed by atoms with Crippen molar-refractivity contribution in [1.82, 2.24) is 0 Å². The van der Waals surface area contributed by atoms with Gasteiger partial charge in [0.15, 0.2) is 0 Å². The second-order valence-electron chi connectivity index (χ2n) is 3.49. The maximum Gasteiger partial charge on any atom is 0.126 e. The third-order valence-corrected chi connectivity index (χ3v) is 1.53. The summed E-state index contributed by atoms with van der Waals surface area (Å²) in [5.74, 6) is 0.844. The highest BCUT2D eigenvalue weighted by Crippen LogP contribution is 1.99. The minimum Gasteiger partial charge on any atom is -0.382 e. The molecule has 0 bridgehead atoms. The molecule has 0 aliphatic heterocycles. The molecule has 0 heterocycles. The van der Waals surface area contributed by atoms with Crippen LogP contribution in [-0.2, 0) is 14.3 Å². The first kappa shape index (κ1) is 16.0. The molecule has 3 nitrogen and oxygen atoms in total. The summed E-state index contributed by atoms with van der Waals surface area (Å²) in [6.07, 6.45) is 1.19. The number of ketones is 1. The van der Waals surface area contributed by atoms with E-state index in [0.29, 0.717) is 12.5 Å². The fraction of sp³-hybridized carbons (Fsp3) is 0.909. The second-order valence-corrected chi connectivity index (χ2v) is 3.49. The van der Waals surface area contributed by atoms with Gasteiger partial charge in [-0.1, -0.05) is 20.3 Å². The average molecular weight is 204 g/mol. The van der Waals surface area contributed by atoms with Gasteiger partial charge in [-0.3, -0.25) is 0 Å².